The average molecular weight is 401 g/mol. The number of benzene rings is 1. The van der Waals surface area contributed by atoms with Gasteiger partial charge in [0.2, 0.25) is 5.91 Å². The van der Waals surface area contributed by atoms with Crippen molar-refractivity contribution >= 4 is 23.3 Å². The highest BCUT2D eigenvalue weighted by Gasteiger charge is 2.29. The standard InChI is InChI=1S/C22H32N4O3/c1-29-20-10-9-17(15-19(20)26-14-3-2-8-21(26)27)23-22(28)25-13-6-7-18(16-25)24-11-4-5-12-24/h9-10,15,18H,2-8,11-14,16H2,1H3,(H,23,28)/t18-/m0/s1. The van der Waals surface area contributed by atoms with Gasteiger partial charge in [-0.2, -0.15) is 0 Å². The molecule has 1 N–H and O–H groups in total. The predicted molar refractivity (Wildman–Crippen MR) is 114 cm³/mol. The lowest BCUT2D eigenvalue weighted by atomic mass is 10.0. The first kappa shape index (κ1) is 20.0. The Morgan fingerprint density at radius 2 is 1.86 bits per heavy atom. The highest BCUT2D eigenvalue weighted by Crippen LogP contribution is 2.34. The van der Waals surface area contributed by atoms with Crippen molar-refractivity contribution in [2.24, 2.45) is 0 Å². The molecule has 3 amide bonds. The maximum atomic E-state index is 12.9. The van der Waals surface area contributed by atoms with Crippen LogP contribution >= 0.6 is 0 Å². The van der Waals surface area contributed by atoms with Gasteiger partial charge in [-0.3, -0.25) is 9.69 Å². The van der Waals surface area contributed by atoms with Crippen LogP contribution in [0.1, 0.15) is 44.9 Å². The summed E-state index contributed by atoms with van der Waals surface area (Å²) in [5.74, 6) is 0.771. The molecule has 29 heavy (non-hydrogen) atoms. The minimum absolute atomic E-state index is 0.0602. The zero-order valence-electron chi connectivity index (χ0n) is 17.4. The molecule has 3 heterocycles. The smallest absolute Gasteiger partial charge is 0.321 e. The number of piperidine rings is 2. The molecule has 3 aliphatic heterocycles. The highest BCUT2D eigenvalue weighted by atomic mass is 16.5. The van der Waals surface area contributed by atoms with Crippen LogP contribution in [0.4, 0.5) is 16.2 Å². The van der Waals surface area contributed by atoms with E-state index in [2.05, 4.69) is 10.2 Å². The van der Waals surface area contributed by atoms with Crippen LogP contribution in [-0.2, 0) is 4.79 Å². The van der Waals surface area contributed by atoms with Crippen LogP contribution in [0.3, 0.4) is 0 Å². The first-order chi connectivity index (χ1) is 14.2. The minimum atomic E-state index is -0.0602. The molecule has 7 heteroatoms. The minimum Gasteiger partial charge on any atom is -0.495 e. The van der Waals surface area contributed by atoms with Crippen molar-refractivity contribution in [3.63, 3.8) is 0 Å². The topological polar surface area (TPSA) is 65.1 Å². The SMILES string of the molecule is COc1ccc(NC(=O)N2CCC[C@H](N3CCCC3)C2)cc1N1CCCCC1=O. The summed E-state index contributed by atoms with van der Waals surface area (Å²) in [4.78, 5) is 31.5. The highest BCUT2D eigenvalue weighted by molar-refractivity contribution is 5.97. The van der Waals surface area contributed by atoms with Crippen molar-refractivity contribution in [2.45, 2.75) is 51.0 Å². The van der Waals surface area contributed by atoms with Gasteiger partial charge in [-0.05, 0) is 69.8 Å². The summed E-state index contributed by atoms with van der Waals surface area (Å²) in [6.07, 6.45) is 7.24. The maximum Gasteiger partial charge on any atom is 0.321 e. The molecule has 3 saturated heterocycles. The quantitative estimate of drug-likeness (QED) is 0.842. The first-order valence-electron chi connectivity index (χ1n) is 10.9. The van der Waals surface area contributed by atoms with E-state index in [1.807, 2.05) is 23.1 Å². The fourth-order valence-corrected chi connectivity index (χ4v) is 4.79. The number of carbonyl (C=O) groups excluding carboxylic acids is 2. The van der Waals surface area contributed by atoms with E-state index < -0.39 is 0 Å². The molecule has 4 rings (SSSR count). The summed E-state index contributed by atoms with van der Waals surface area (Å²) in [5.41, 5.74) is 1.44. The zero-order chi connectivity index (χ0) is 20.2. The lowest BCUT2D eigenvalue weighted by Crippen LogP contribution is -2.50. The number of anilines is 2. The number of hydrogen-bond donors (Lipinski definition) is 1. The molecular weight excluding hydrogens is 368 g/mol. The summed E-state index contributed by atoms with van der Waals surface area (Å²) in [7, 11) is 1.61. The van der Waals surface area contributed by atoms with E-state index >= 15 is 0 Å². The Hall–Kier alpha value is -2.28. The number of hydrogen-bond acceptors (Lipinski definition) is 4. The maximum absolute atomic E-state index is 12.9. The van der Waals surface area contributed by atoms with Crippen molar-refractivity contribution < 1.29 is 14.3 Å². The fourth-order valence-electron chi connectivity index (χ4n) is 4.79. The number of nitrogens with zero attached hydrogens (tertiary/aromatic N) is 3. The first-order valence-corrected chi connectivity index (χ1v) is 10.9. The second-order valence-electron chi connectivity index (χ2n) is 8.30. The Balaban J connectivity index is 1.45. The van der Waals surface area contributed by atoms with Gasteiger partial charge in [0.15, 0.2) is 0 Å². The van der Waals surface area contributed by atoms with Crippen LogP contribution in [0.5, 0.6) is 5.75 Å². The lowest BCUT2D eigenvalue weighted by molar-refractivity contribution is -0.119. The van der Waals surface area contributed by atoms with E-state index in [-0.39, 0.29) is 11.9 Å². The number of rotatable bonds is 4. The Bertz CT molecular complexity index is 748. The van der Waals surface area contributed by atoms with Crippen LogP contribution in [0.2, 0.25) is 0 Å². The molecule has 0 spiro atoms. The summed E-state index contributed by atoms with van der Waals surface area (Å²) in [5, 5.41) is 3.04. The van der Waals surface area contributed by atoms with E-state index in [1.54, 1.807) is 12.0 Å². The molecule has 3 aliphatic rings. The molecule has 7 nitrogen and oxygen atoms in total. The monoisotopic (exact) mass is 400 g/mol. The van der Waals surface area contributed by atoms with Gasteiger partial charge in [-0.15, -0.1) is 0 Å². The number of nitrogens with one attached hydrogen (secondary N) is 1. The van der Waals surface area contributed by atoms with E-state index in [1.165, 1.54) is 19.3 Å². The number of amides is 3. The fraction of sp³-hybridized carbons (Fsp3) is 0.636. The van der Waals surface area contributed by atoms with Crippen molar-refractivity contribution in [2.75, 3.05) is 50.1 Å². The van der Waals surface area contributed by atoms with E-state index in [0.717, 1.165) is 51.1 Å². The van der Waals surface area contributed by atoms with E-state index in [4.69, 9.17) is 4.74 Å². The molecule has 1 atom stereocenters. The molecule has 0 radical (unpaired) electrons. The second kappa shape index (κ2) is 9.03. The third-order valence-corrected chi connectivity index (χ3v) is 6.39. The van der Waals surface area contributed by atoms with Crippen LogP contribution in [0.15, 0.2) is 18.2 Å². The van der Waals surface area contributed by atoms with Crippen molar-refractivity contribution in [3.8, 4) is 5.75 Å². The average Bonchev–Trinajstić information content (AvgIpc) is 3.29. The number of carbonyl (C=O) groups is 2. The normalized spacial score (nSPS) is 23.3. The Kier molecular flexibility index (Phi) is 6.23. The molecule has 0 saturated carbocycles. The van der Waals surface area contributed by atoms with Crippen LogP contribution < -0.4 is 15.0 Å². The van der Waals surface area contributed by atoms with Crippen LogP contribution in [0.25, 0.3) is 0 Å². The summed E-state index contributed by atoms with van der Waals surface area (Å²) in [6, 6.07) is 5.96. The number of likely N-dealkylation sites (tertiary alicyclic amines) is 2. The van der Waals surface area contributed by atoms with Gasteiger partial charge in [0.1, 0.15) is 5.75 Å². The molecule has 158 valence electrons. The predicted octanol–water partition coefficient (Wildman–Crippen LogP) is 3.30. The second-order valence-corrected chi connectivity index (χ2v) is 8.30. The number of urea groups is 1. The number of ether oxygens (including phenoxy) is 1. The third-order valence-electron chi connectivity index (χ3n) is 6.39. The van der Waals surface area contributed by atoms with Crippen LogP contribution in [-0.4, -0.2) is 67.6 Å². The van der Waals surface area contributed by atoms with Gasteiger partial charge in [0, 0.05) is 37.8 Å². The van der Waals surface area contributed by atoms with Gasteiger partial charge >= 0.3 is 6.03 Å². The Morgan fingerprint density at radius 1 is 1.07 bits per heavy atom. The van der Waals surface area contributed by atoms with Crippen molar-refractivity contribution in [1.82, 2.24) is 9.80 Å². The van der Waals surface area contributed by atoms with Gasteiger partial charge in [0.05, 0.1) is 12.8 Å². The van der Waals surface area contributed by atoms with Crippen LogP contribution in [0, 0.1) is 0 Å². The molecule has 0 aliphatic carbocycles. The molecule has 0 aromatic heterocycles. The van der Waals surface area contributed by atoms with Gasteiger partial charge in [-0.25, -0.2) is 4.79 Å². The van der Waals surface area contributed by atoms with E-state index in [9.17, 15) is 9.59 Å². The molecule has 3 fully saturated rings. The Morgan fingerprint density at radius 3 is 2.62 bits per heavy atom. The van der Waals surface area contributed by atoms with Crippen molar-refractivity contribution in [3.05, 3.63) is 18.2 Å². The molecule has 0 unspecified atom stereocenters. The molecule has 0 bridgehead atoms. The summed E-state index contributed by atoms with van der Waals surface area (Å²) >= 11 is 0. The zero-order valence-corrected chi connectivity index (χ0v) is 17.4. The summed E-state index contributed by atoms with van der Waals surface area (Å²) in [6.45, 7) is 4.59. The van der Waals surface area contributed by atoms with Gasteiger partial charge in [-0.1, -0.05) is 0 Å². The third kappa shape index (κ3) is 4.50. The molecule has 1 aromatic carbocycles. The van der Waals surface area contributed by atoms with Gasteiger partial charge in [0.25, 0.3) is 0 Å². The Labute approximate surface area is 173 Å². The number of methoxy groups -OCH3 is 1. The largest absolute Gasteiger partial charge is 0.495 e. The molecule has 1 aromatic rings. The van der Waals surface area contributed by atoms with Crippen molar-refractivity contribution in [1.29, 1.82) is 0 Å². The lowest BCUT2D eigenvalue weighted by Gasteiger charge is -2.37. The summed E-state index contributed by atoms with van der Waals surface area (Å²) < 4.78 is 5.47. The van der Waals surface area contributed by atoms with E-state index in [0.29, 0.717) is 30.4 Å². The molecular formula is C22H32N4O3. The van der Waals surface area contributed by atoms with Gasteiger partial charge < -0.3 is 19.9 Å².